The largest absolute Gasteiger partial charge is 0.496 e. The molecule has 0 spiro atoms. The van der Waals surface area contributed by atoms with Crippen molar-refractivity contribution in [2.45, 2.75) is 45.3 Å². The maximum absolute atomic E-state index is 11.3. The van der Waals surface area contributed by atoms with Crippen LogP contribution < -0.4 is 4.74 Å². The van der Waals surface area contributed by atoms with Gasteiger partial charge in [0.15, 0.2) is 6.29 Å². The molecule has 0 bridgehead atoms. The molecule has 126 valence electrons. The molecule has 1 aromatic carbocycles. The Bertz CT molecular complexity index is 584. The summed E-state index contributed by atoms with van der Waals surface area (Å²) in [6.07, 6.45) is 3.41. The van der Waals surface area contributed by atoms with E-state index in [0.717, 1.165) is 38.6 Å². The number of benzene rings is 1. The van der Waals surface area contributed by atoms with Crippen LogP contribution in [0.25, 0.3) is 0 Å². The number of aliphatic hydroxyl groups is 1. The molecule has 0 saturated carbocycles. The van der Waals surface area contributed by atoms with Gasteiger partial charge in [0.25, 0.3) is 0 Å². The first-order valence-corrected chi connectivity index (χ1v) is 8.61. The number of fused-ring (bicyclic) bond motifs is 3. The number of aliphatic hydroxyl groups excluding tert-OH is 1. The highest BCUT2D eigenvalue weighted by Gasteiger charge is 2.38. The summed E-state index contributed by atoms with van der Waals surface area (Å²) in [6.45, 7) is 6.40. The van der Waals surface area contributed by atoms with Gasteiger partial charge in [-0.05, 0) is 54.4 Å². The number of rotatable bonds is 4. The lowest BCUT2D eigenvalue weighted by Crippen LogP contribution is -2.48. The summed E-state index contributed by atoms with van der Waals surface area (Å²) in [5.74, 6) is 1.62. The lowest BCUT2D eigenvalue weighted by molar-refractivity contribution is -0.0191. The summed E-state index contributed by atoms with van der Waals surface area (Å²) in [5, 5.41) is 10.6. The zero-order chi connectivity index (χ0) is 16.6. The van der Waals surface area contributed by atoms with Crippen molar-refractivity contribution in [1.29, 1.82) is 0 Å². The molecule has 23 heavy (non-hydrogen) atoms. The molecule has 0 aromatic heterocycles. The summed E-state index contributed by atoms with van der Waals surface area (Å²) in [4.78, 5) is 13.8. The fourth-order valence-corrected chi connectivity index (χ4v) is 4.24. The Morgan fingerprint density at radius 1 is 1.43 bits per heavy atom. The number of carbonyl (C=O) groups is 1. The molecule has 4 nitrogen and oxygen atoms in total. The predicted octanol–water partition coefficient (Wildman–Crippen LogP) is 2.83. The quantitative estimate of drug-likeness (QED) is 0.868. The van der Waals surface area contributed by atoms with Crippen molar-refractivity contribution in [3.05, 3.63) is 28.8 Å². The third-order valence-corrected chi connectivity index (χ3v) is 5.34. The minimum absolute atomic E-state index is 0.224. The van der Waals surface area contributed by atoms with Crippen LogP contribution in [0.5, 0.6) is 5.75 Å². The van der Waals surface area contributed by atoms with Gasteiger partial charge in [-0.2, -0.15) is 0 Å². The van der Waals surface area contributed by atoms with Gasteiger partial charge >= 0.3 is 0 Å². The molecule has 3 atom stereocenters. The van der Waals surface area contributed by atoms with Gasteiger partial charge in [-0.1, -0.05) is 13.8 Å². The Morgan fingerprint density at radius 2 is 2.22 bits per heavy atom. The van der Waals surface area contributed by atoms with Gasteiger partial charge < -0.3 is 9.84 Å². The maximum Gasteiger partial charge on any atom is 0.153 e. The van der Waals surface area contributed by atoms with Crippen molar-refractivity contribution in [3.63, 3.8) is 0 Å². The molecular weight excluding hydrogens is 290 g/mol. The molecule has 2 heterocycles. The van der Waals surface area contributed by atoms with Gasteiger partial charge in [-0.15, -0.1) is 0 Å². The van der Waals surface area contributed by atoms with Crippen LogP contribution in [0.4, 0.5) is 0 Å². The average molecular weight is 317 g/mol. The highest BCUT2D eigenvalue weighted by Crippen LogP contribution is 2.41. The van der Waals surface area contributed by atoms with E-state index in [4.69, 9.17) is 4.74 Å². The standard InChI is InChI=1S/C19H27NO3/c1-12(2)6-14-10-20-5-4-13-8-19(23-3)15(11-21)7-16(13)17(20)9-18(14)22/h7-8,11-12,14,17-18,22H,4-6,9-10H2,1-3H3/t14?,17-,18+/m0/s1. The first-order chi connectivity index (χ1) is 11.0. The molecule has 0 amide bonds. The van der Waals surface area contributed by atoms with E-state index < -0.39 is 0 Å². The van der Waals surface area contributed by atoms with Crippen LogP contribution in [-0.4, -0.2) is 42.6 Å². The van der Waals surface area contributed by atoms with E-state index in [1.165, 1.54) is 11.1 Å². The first-order valence-electron chi connectivity index (χ1n) is 8.61. The first kappa shape index (κ1) is 16.5. The van der Waals surface area contributed by atoms with Gasteiger partial charge in [-0.3, -0.25) is 9.69 Å². The molecule has 2 aliphatic rings. The fraction of sp³-hybridized carbons (Fsp3) is 0.632. The lowest BCUT2D eigenvalue weighted by Gasteiger charge is -2.46. The number of aldehydes is 1. The molecule has 1 unspecified atom stereocenters. The van der Waals surface area contributed by atoms with Gasteiger partial charge in [0.2, 0.25) is 0 Å². The molecule has 1 aromatic rings. The van der Waals surface area contributed by atoms with Crippen molar-refractivity contribution in [1.82, 2.24) is 4.90 Å². The second-order valence-corrected chi connectivity index (χ2v) is 7.36. The Labute approximate surface area is 138 Å². The number of methoxy groups -OCH3 is 1. The number of piperidine rings is 1. The van der Waals surface area contributed by atoms with E-state index in [1.54, 1.807) is 7.11 Å². The summed E-state index contributed by atoms with van der Waals surface area (Å²) >= 11 is 0. The van der Waals surface area contributed by atoms with Gasteiger partial charge in [0, 0.05) is 19.1 Å². The Morgan fingerprint density at radius 3 is 2.87 bits per heavy atom. The fourth-order valence-electron chi connectivity index (χ4n) is 4.24. The Kier molecular flexibility index (Phi) is 4.74. The molecule has 0 aliphatic carbocycles. The minimum Gasteiger partial charge on any atom is -0.496 e. The van der Waals surface area contributed by atoms with E-state index in [2.05, 4.69) is 18.7 Å². The Balaban J connectivity index is 1.88. The van der Waals surface area contributed by atoms with Crippen molar-refractivity contribution < 1.29 is 14.6 Å². The molecular formula is C19H27NO3. The van der Waals surface area contributed by atoms with E-state index in [1.807, 2.05) is 12.1 Å². The second-order valence-electron chi connectivity index (χ2n) is 7.36. The zero-order valence-electron chi connectivity index (χ0n) is 14.3. The van der Waals surface area contributed by atoms with Crippen molar-refractivity contribution in [2.75, 3.05) is 20.2 Å². The minimum atomic E-state index is -0.258. The van der Waals surface area contributed by atoms with E-state index in [-0.39, 0.29) is 12.1 Å². The van der Waals surface area contributed by atoms with E-state index >= 15 is 0 Å². The molecule has 0 radical (unpaired) electrons. The second kappa shape index (κ2) is 6.62. The molecule has 1 N–H and O–H groups in total. The average Bonchev–Trinajstić information content (AvgIpc) is 2.53. The van der Waals surface area contributed by atoms with E-state index in [0.29, 0.717) is 23.1 Å². The van der Waals surface area contributed by atoms with Gasteiger partial charge in [0.1, 0.15) is 5.75 Å². The molecule has 2 aliphatic heterocycles. The van der Waals surface area contributed by atoms with Crippen LogP contribution >= 0.6 is 0 Å². The van der Waals surface area contributed by atoms with Crippen LogP contribution in [0.1, 0.15) is 54.2 Å². The van der Waals surface area contributed by atoms with Crippen molar-refractivity contribution >= 4 is 6.29 Å². The monoisotopic (exact) mass is 317 g/mol. The van der Waals surface area contributed by atoms with Crippen molar-refractivity contribution in [3.8, 4) is 5.75 Å². The Hall–Kier alpha value is -1.39. The third kappa shape index (κ3) is 3.15. The van der Waals surface area contributed by atoms with E-state index in [9.17, 15) is 9.90 Å². The van der Waals surface area contributed by atoms with Gasteiger partial charge in [0.05, 0.1) is 18.8 Å². The number of hydrogen-bond acceptors (Lipinski definition) is 4. The normalized spacial score (nSPS) is 27.4. The predicted molar refractivity (Wildman–Crippen MR) is 90.0 cm³/mol. The summed E-state index contributed by atoms with van der Waals surface area (Å²) in [6, 6.07) is 4.19. The SMILES string of the molecule is COc1cc2c(cc1C=O)[C@@H]1C[C@@H](O)C(CC(C)C)CN1CC2. The zero-order valence-corrected chi connectivity index (χ0v) is 14.3. The molecule has 1 fully saturated rings. The summed E-state index contributed by atoms with van der Waals surface area (Å²) in [5.41, 5.74) is 3.05. The van der Waals surface area contributed by atoms with Crippen LogP contribution in [0.2, 0.25) is 0 Å². The third-order valence-electron chi connectivity index (χ3n) is 5.34. The van der Waals surface area contributed by atoms with Crippen LogP contribution in [0.15, 0.2) is 12.1 Å². The number of ether oxygens (including phenoxy) is 1. The van der Waals surface area contributed by atoms with Crippen LogP contribution in [0, 0.1) is 11.8 Å². The topological polar surface area (TPSA) is 49.8 Å². The van der Waals surface area contributed by atoms with Gasteiger partial charge in [-0.25, -0.2) is 0 Å². The smallest absolute Gasteiger partial charge is 0.153 e. The molecule has 3 rings (SSSR count). The number of carbonyl (C=O) groups excluding carboxylic acids is 1. The molecule has 4 heteroatoms. The number of nitrogens with zero attached hydrogens (tertiary/aromatic N) is 1. The lowest BCUT2D eigenvalue weighted by atomic mass is 9.79. The van der Waals surface area contributed by atoms with Crippen LogP contribution in [-0.2, 0) is 6.42 Å². The highest BCUT2D eigenvalue weighted by atomic mass is 16.5. The number of hydrogen-bond donors (Lipinski definition) is 1. The van der Waals surface area contributed by atoms with Crippen LogP contribution in [0.3, 0.4) is 0 Å². The maximum atomic E-state index is 11.3. The molecule has 1 saturated heterocycles. The summed E-state index contributed by atoms with van der Waals surface area (Å²) < 4.78 is 5.33. The van der Waals surface area contributed by atoms with Crippen molar-refractivity contribution in [2.24, 2.45) is 11.8 Å². The summed E-state index contributed by atoms with van der Waals surface area (Å²) in [7, 11) is 1.60. The highest BCUT2D eigenvalue weighted by molar-refractivity contribution is 5.80.